The third-order valence-electron chi connectivity index (χ3n) is 2.60. The van der Waals surface area contributed by atoms with Crippen LogP contribution in [0.25, 0.3) is 0 Å². The summed E-state index contributed by atoms with van der Waals surface area (Å²) in [7, 11) is 0. The van der Waals surface area contributed by atoms with Crippen molar-refractivity contribution in [3.8, 4) is 0 Å². The van der Waals surface area contributed by atoms with Crippen molar-refractivity contribution in [2.45, 2.75) is 13.8 Å². The molecule has 0 fully saturated rings. The van der Waals surface area contributed by atoms with E-state index in [2.05, 4.69) is 10.5 Å². The van der Waals surface area contributed by atoms with Gasteiger partial charge in [0.2, 0.25) is 0 Å². The lowest BCUT2D eigenvalue weighted by Crippen LogP contribution is -2.19. The van der Waals surface area contributed by atoms with E-state index in [1.807, 2.05) is 0 Å². The lowest BCUT2D eigenvalue weighted by atomic mass is 10.2. The Kier molecular flexibility index (Phi) is 3.99. The van der Waals surface area contributed by atoms with Crippen LogP contribution in [0, 0.1) is 6.92 Å². The highest BCUT2D eigenvalue weighted by Crippen LogP contribution is 2.17. The maximum atomic E-state index is 11.8. The van der Waals surface area contributed by atoms with Gasteiger partial charge in [-0.3, -0.25) is 4.79 Å². The number of carbonyl (C=O) groups excluding carboxylic acids is 1. The Morgan fingerprint density at radius 2 is 2.00 bits per heavy atom. The molecule has 0 radical (unpaired) electrons. The topological polar surface area (TPSA) is 91.9 Å². The van der Waals surface area contributed by atoms with E-state index >= 15 is 0 Å². The molecule has 0 bridgehead atoms. The summed E-state index contributed by atoms with van der Waals surface area (Å²) in [5.41, 5.74) is 3.37. The summed E-state index contributed by atoms with van der Waals surface area (Å²) in [4.78, 5) is 23.5. The number of rotatable bonds is 4. The molecular formula is C13H12N2O4S. The number of aromatic carboxylic acids is 1. The van der Waals surface area contributed by atoms with Crippen LogP contribution in [0.3, 0.4) is 0 Å². The van der Waals surface area contributed by atoms with E-state index in [0.717, 1.165) is 11.3 Å². The van der Waals surface area contributed by atoms with Gasteiger partial charge in [-0.1, -0.05) is 0 Å². The first kappa shape index (κ1) is 14.0. The van der Waals surface area contributed by atoms with Crippen LogP contribution in [0.15, 0.2) is 34.0 Å². The summed E-state index contributed by atoms with van der Waals surface area (Å²) in [5.74, 6) is -0.836. The first-order chi connectivity index (χ1) is 9.49. The molecule has 0 saturated carbocycles. The Balaban J connectivity index is 2.09. The highest BCUT2D eigenvalue weighted by atomic mass is 32.1. The van der Waals surface area contributed by atoms with Crippen LogP contribution < -0.4 is 5.43 Å². The molecule has 0 aromatic carbocycles. The summed E-state index contributed by atoms with van der Waals surface area (Å²) >= 11 is 1.10. The maximum absolute atomic E-state index is 11.8. The summed E-state index contributed by atoms with van der Waals surface area (Å²) in [5, 5.41) is 12.8. The van der Waals surface area contributed by atoms with Crippen LogP contribution in [0.2, 0.25) is 0 Å². The number of nitrogens with zero attached hydrogens (tertiary/aromatic N) is 1. The Hall–Kier alpha value is -2.41. The average Bonchev–Trinajstić information content (AvgIpc) is 3.04. The molecule has 0 aliphatic heterocycles. The summed E-state index contributed by atoms with van der Waals surface area (Å²) in [6.07, 6.45) is 1.43. The number of hydrogen-bond donors (Lipinski definition) is 2. The third kappa shape index (κ3) is 2.94. The quantitative estimate of drug-likeness (QED) is 0.669. The number of hydrazone groups is 1. The summed E-state index contributed by atoms with van der Waals surface area (Å²) in [6, 6.07) is 4.72. The van der Waals surface area contributed by atoms with Crippen molar-refractivity contribution >= 4 is 28.9 Å². The van der Waals surface area contributed by atoms with Crippen molar-refractivity contribution < 1.29 is 19.1 Å². The lowest BCUT2D eigenvalue weighted by molar-refractivity contribution is 0.0702. The van der Waals surface area contributed by atoms with Crippen LogP contribution in [0.1, 0.15) is 37.6 Å². The average molecular weight is 292 g/mol. The van der Waals surface area contributed by atoms with Gasteiger partial charge in [-0.25, -0.2) is 10.2 Å². The highest BCUT2D eigenvalue weighted by molar-refractivity contribution is 7.15. The minimum Gasteiger partial charge on any atom is -0.477 e. The van der Waals surface area contributed by atoms with Crippen molar-refractivity contribution in [1.82, 2.24) is 5.43 Å². The third-order valence-corrected chi connectivity index (χ3v) is 3.78. The van der Waals surface area contributed by atoms with Crippen LogP contribution in [-0.2, 0) is 0 Å². The highest BCUT2D eigenvalue weighted by Gasteiger charge is 2.12. The first-order valence-corrected chi connectivity index (χ1v) is 6.53. The van der Waals surface area contributed by atoms with Crippen molar-refractivity contribution in [2.24, 2.45) is 5.10 Å². The largest absolute Gasteiger partial charge is 0.477 e. The van der Waals surface area contributed by atoms with E-state index in [9.17, 15) is 9.59 Å². The molecule has 2 aromatic heterocycles. The van der Waals surface area contributed by atoms with Gasteiger partial charge in [0.05, 0.1) is 22.4 Å². The second-order valence-electron chi connectivity index (χ2n) is 4.00. The number of nitrogens with one attached hydrogen (secondary N) is 1. The van der Waals surface area contributed by atoms with Crippen molar-refractivity contribution in [1.29, 1.82) is 0 Å². The number of amides is 1. The fraction of sp³-hybridized carbons (Fsp3) is 0.154. The number of hydrogen-bond acceptors (Lipinski definition) is 5. The van der Waals surface area contributed by atoms with Crippen LogP contribution in [0.5, 0.6) is 0 Å². The molecule has 104 valence electrons. The van der Waals surface area contributed by atoms with Gasteiger partial charge in [0.25, 0.3) is 5.91 Å². The Bertz CT molecular complexity index is 684. The van der Waals surface area contributed by atoms with Crippen LogP contribution in [-0.4, -0.2) is 22.7 Å². The molecule has 0 aliphatic carbocycles. The van der Waals surface area contributed by atoms with Gasteiger partial charge in [-0.2, -0.15) is 5.10 Å². The summed E-state index contributed by atoms with van der Waals surface area (Å²) < 4.78 is 5.03. The zero-order valence-electron chi connectivity index (χ0n) is 10.8. The molecule has 6 nitrogen and oxygen atoms in total. The number of carbonyl (C=O) groups is 2. The second-order valence-corrected chi connectivity index (χ2v) is 5.08. The molecule has 2 rings (SSSR count). The normalized spacial score (nSPS) is 11.4. The molecule has 20 heavy (non-hydrogen) atoms. The molecule has 2 aromatic rings. The molecule has 0 saturated heterocycles. The smallest absolute Gasteiger partial charge is 0.345 e. The van der Waals surface area contributed by atoms with Gasteiger partial charge < -0.3 is 9.52 Å². The number of aryl methyl sites for hydroxylation is 1. The van der Waals surface area contributed by atoms with Crippen LogP contribution >= 0.6 is 11.3 Å². The predicted octanol–water partition coefficient (Wildman–Crippen LogP) is 2.50. The Labute approximate surface area is 118 Å². The first-order valence-electron chi connectivity index (χ1n) is 5.71. The van der Waals surface area contributed by atoms with Crippen molar-refractivity contribution in [3.05, 3.63) is 45.5 Å². The van der Waals surface area contributed by atoms with Gasteiger partial charge in [0.15, 0.2) is 0 Å². The molecule has 2 heterocycles. The molecule has 1 amide bonds. The number of furan rings is 1. The van der Waals surface area contributed by atoms with Crippen LogP contribution in [0.4, 0.5) is 0 Å². The predicted molar refractivity (Wildman–Crippen MR) is 74.4 cm³/mol. The minimum atomic E-state index is -0.980. The fourth-order valence-electron chi connectivity index (χ4n) is 1.52. The Morgan fingerprint density at radius 3 is 2.55 bits per heavy atom. The Morgan fingerprint density at radius 1 is 1.30 bits per heavy atom. The standard InChI is InChI=1S/C13H12N2O4S/c1-7(10-3-4-11(20-10)13(17)18)14-15-12(16)9-5-6-19-8(9)2/h3-6H,1-2H3,(H,15,16)(H,17,18)/b14-7-. The van der Waals surface area contributed by atoms with Crippen molar-refractivity contribution in [2.75, 3.05) is 0 Å². The van der Waals surface area contributed by atoms with E-state index in [-0.39, 0.29) is 10.8 Å². The molecule has 0 atom stereocenters. The molecule has 7 heteroatoms. The van der Waals surface area contributed by atoms with Gasteiger partial charge in [0.1, 0.15) is 10.6 Å². The number of thiophene rings is 1. The zero-order chi connectivity index (χ0) is 14.7. The number of carboxylic acid groups (broad SMARTS) is 1. The van der Waals surface area contributed by atoms with E-state index in [1.54, 1.807) is 26.0 Å². The van der Waals surface area contributed by atoms with Gasteiger partial charge in [-0.05, 0) is 32.0 Å². The van der Waals surface area contributed by atoms with E-state index in [0.29, 0.717) is 21.9 Å². The second kappa shape index (κ2) is 5.70. The zero-order valence-corrected chi connectivity index (χ0v) is 11.7. The molecule has 0 unspecified atom stereocenters. The minimum absolute atomic E-state index is 0.228. The SMILES string of the molecule is C/C(=N/NC(=O)c1ccoc1C)c1ccc(C(=O)O)s1. The monoisotopic (exact) mass is 292 g/mol. The number of carboxylic acids is 1. The maximum Gasteiger partial charge on any atom is 0.345 e. The van der Waals surface area contributed by atoms with E-state index < -0.39 is 5.97 Å². The lowest BCUT2D eigenvalue weighted by Gasteiger charge is -2.00. The van der Waals surface area contributed by atoms with E-state index in [1.165, 1.54) is 12.3 Å². The molecule has 0 aliphatic rings. The van der Waals surface area contributed by atoms with Crippen molar-refractivity contribution in [3.63, 3.8) is 0 Å². The fourth-order valence-corrected chi connectivity index (χ4v) is 2.31. The molecular weight excluding hydrogens is 280 g/mol. The molecule has 2 N–H and O–H groups in total. The molecule has 0 spiro atoms. The summed E-state index contributed by atoms with van der Waals surface area (Å²) in [6.45, 7) is 3.38. The van der Waals surface area contributed by atoms with Gasteiger partial charge in [0, 0.05) is 0 Å². The van der Waals surface area contributed by atoms with Gasteiger partial charge in [-0.15, -0.1) is 11.3 Å². The van der Waals surface area contributed by atoms with E-state index in [4.69, 9.17) is 9.52 Å². The van der Waals surface area contributed by atoms with Gasteiger partial charge >= 0.3 is 5.97 Å².